The average Bonchev–Trinajstić information content (AvgIpc) is 2.19. The maximum Gasteiger partial charge on any atom is 0.138 e. The molecule has 1 aromatic rings. The van der Waals surface area contributed by atoms with Crippen molar-refractivity contribution >= 4 is 11.6 Å². The lowest BCUT2D eigenvalue weighted by Gasteiger charge is -2.18. The molecule has 0 spiro atoms. The smallest absolute Gasteiger partial charge is 0.138 e. The number of hydrogen-bond acceptors (Lipinski definition) is 2. The summed E-state index contributed by atoms with van der Waals surface area (Å²) in [5, 5.41) is 0.635. The van der Waals surface area contributed by atoms with Crippen molar-refractivity contribution in [3.8, 4) is 5.75 Å². The maximum atomic E-state index is 6.17. The molecule has 1 aromatic carbocycles. The average molecular weight is 256 g/mol. The zero-order valence-electron chi connectivity index (χ0n) is 11.0. The first-order chi connectivity index (χ1) is 7.90. The van der Waals surface area contributed by atoms with Gasteiger partial charge in [0.05, 0.1) is 11.1 Å². The van der Waals surface area contributed by atoms with Crippen LogP contribution in [-0.4, -0.2) is 6.10 Å². The molecule has 2 unspecified atom stereocenters. The van der Waals surface area contributed by atoms with Gasteiger partial charge in [-0.1, -0.05) is 31.5 Å². The number of ether oxygens (including phenoxy) is 1. The molecule has 0 heterocycles. The fourth-order valence-corrected chi connectivity index (χ4v) is 2.06. The summed E-state index contributed by atoms with van der Waals surface area (Å²) >= 11 is 6.17. The van der Waals surface area contributed by atoms with Crippen LogP contribution < -0.4 is 10.5 Å². The van der Waals surface area contributed by atoms with E-state index >= 15 is 0 Å². The topological polar surface area (TPSA) is 35.2 Å². The molecule has 2 N–H and O–H groups in total. The Kier molecular flexibility index (Phi) is 5.29. The quantitative estimate of drug-likeness (QED) is 0.857. The van der Waals surface area contributed by atoms with Crippen molar-refractivity contribution in [1.82, 2.24) is 0 Å². The van der Waals surface area contributed by atoms with Gasteiger partial charge in [-0.15, -0.1) is 0 Å². The van der Waals surface area contributed by atoms with E-state index in [9.17, 15) is 0 Å². The Morgan fingerprint density at radius 3 is 2.35 bits per heavy atom. The standard InChI is InChI=1S/C14H22ClNO/c1-9(2)7-10(3)17-14-6-5-12(11(4)16)8-13(14)15/h5-6,8-11H,7,16H2,1-4H3. The van der Waals surface area contributed by atoms with E-state index in [1.807, 2.05) is 25.1 Å². The number of hydrogen-bond donors (Lipinski definition) is 1. The number of halogens is 1. The van der Waals surface area contributed by atoms with Gasteiger partial charge < -0.3 is 10.5 Å². The number of benzene rings is 1. The Labute approximate surface area is 109 Å². The second kappa shape index (κ2) is 6.27. The van der Waals surface area contributed by atoms with Gasteiger partial charge in [-0.25, -0.2) is 0 Å². The highest BCUT2D eigenvalue weighted by Crippen LogP contribution is 2.28. The minimum atomic E-state index is -0.00497. The Morgan fingerprint density at radius 1 is 1.24 bits per heavy atom. The summed E-state index contributed by atoms with van der Waals surface area (Å²) in [4.78, 5) is 0. The van der Waals surface area contributed by atoms with Crippen LogP contribution in [-0.2, 0) is 0 Å². The molecule has 3 heteroatoms. The summed E-state index contributed by atoms with van der Waals surface area (Å²) in [6, 6.07) is 5.74. The van der Waals surface area contributed by atoms with Gasteiger partial charge in [0.25, 0.3) is 0 Å². The summed E-state index contributed by atoms with van der Waals surface area (Å²) in [5.74, 6) is 1.36. The van der Waals surface area contributed by atoms with Gasteiger partial charge in [0.2, 0.25) is 0 Å². The number of rotatable bonds is 5. The zero-order chi connectivity index (χ0) is 13.0. The van der Waals surface area contributed by atoms with Gasteiger partial charge in [-0.05, 0) is 43.9 Å². The molecule has 1 rings (SSSR count). The van der Waals surface area contributed by atoms with E-state index in [0.717, 1.165) is 17.7 Å². The highest BCUT2D eigenvalue weighted by atomic mass is 35.5. The first kappa shape index (κ1) is 14.3. The third-order valence-corrected chi connectivity index (χ3v) is 2.91. The van der Waals surface area contributed by atoms with Crippen molar-refractivity contribution in [3.63, 3.8) is 0 Å². The zero-order valence-corrected chi connectivity index (χ0v) is 11.8. The minimum absolute atomic E-state index is 0.00497. The first-order valence-corrected chi connectivity index (χ1v) is 6.49. The molecule has 0 aliphatic heterocycles. The lowest BCUT2D eigenvalue weighted by atomic mass is 10.1. The normalized spacial score (nSPS) is 14.8. The van der Waals surface area contributed by atoms with E-state index in [2.05, 4.69) is 20.8 Å². The molecule has 0 radical (unpaired) electrons. The predicted molar refractivity (Wildman–Crippen MR) is 73.6 cm³/mol. The Morgan fingerprint density at radius 2 is 1.88 bits per heavy atom. The fraction of sp³-hybridized carbons (Fsp3) is 0.571. The first-order valence-electron chi connectivity index (χ1n) is 6.11. The molecule has 0 fully saturated rings. The van der Waals surface area contributed by atoms with Crippen LogP contribution in [0.2, 0.25) is 5.02 Å². The highest BCUT2D eigenvalue weighted by Gasteiger charge is 2.10. The van der Waals surface area contributed by atoms with Gasteiger partial charge in [0, 0.05) is 6.04 Å². The molecule has 0 saturated heterocycles. The highest BCUT2D eigenvalue weighted by molar-refractivity contribution is 6.32. The maximum absolute atomic E-state index is 6.17. The van der Waals surface area contributed by atoms with E-state index in [1.165, 1.54) is 0 Å². The summed E-state index contributed by atoms with van der Waals surface area (Å²) in [6.45, 7) is 8.37. The van der Waals surface area contributed by atoms with E-state index in [0.29, 0.717) is 10.9 Å². The minimum Gasteiger partial charge on any atom is -0.489 e. The van der Waals surface area contributed by atoms with Gasteiger partial charge in [0.15, 0.2) is 0 Å². The molecule has 0 aliphatic rings. The van der Waals surface area contributed by atoms with Gasteiger partial charge in [0.1, 0.15) is 5.75 Å². The fourth-order valence-electron chi connectivity index (χ4n) is 1.82. The number of nitrogens with two attached hydrogens (primary N) is 1. The molecule has 96 valence electrons. The van der Waals surface area contributed by atoms with Crippen LogP contribution in [0, 0.1) is 5.92 Å². The van der Waals surface area contributed by atoms with E-state index in [4.69, 9.17) is 22.1 Å². The van der Waals surface area contributed by atoms with Gasteiger partial charge in [-0.3, -0.25) is 0 Å². The lowest BCUT2D eigenvalue weighted by molar-refractivity contribution is 0.193. The summed E-state index contributed by atoms with van der Waals surface area (Å²) < 4.78 is 5.82. The molecular formula is C14H22ClNO. The molecule has 2 atom stereocenters. The predicted octanol–water partition coefficient (Wildman–Crippen LogP) is 4.17. The second-order valence-corrected chi connectivity index (χ2v) is 5.44. The van der Waals surface area contributed by atoms with Crippen LogP contribution in [0.25, 0.3) is 0 Å². The van der Waals surface area contributed by atoms with Crippen molar-refractivity contribution in [2.75, 3.05) is 0 Å². The monoisotopic (exact) mass is 255 g/mol. The molecule has 0 aromatic heterocycles. The summed E-state index contributed by atoms with van der Waals surface area (Å²) in [6.07, 6.45) is 1.19. The van der Waals surface area contributed by atoms with E-state index < -0.39 is 0 Å². The van der Waals surface area contributed by atoms with Crippen molar-refractivity contribution in [3.05, 3.63) is 28.8 Å². The molecule has 0 bridgehead atoms. The van der Waals surface area contributed by atoms with Crippen LogP contribution in [0.5, 0.6) is 5.75 Å². The van der Waals surface area contributed by atoms with Crippen LogP contribution in [0.3, 0.4) is 0 Å². The van der Waals surface area contributed by atoms with Gasteiger partial charge >= 0.3 is 0 Å². The van der Waals surface area contributed by atoms with Crippen molar-refractivity contribution in [2.24, 2.45) is 11.7 Å². The molecule has 0 aliphatic carbocycles. The lowest BCUT2D eigenvalue weighted by Crippen LogP contribution is -2.15. The van der Waals surface area contributed by atoms with E-state index in [1.54, 1.807) is 0 Å². The van der Waals surface area contributed by atoms with E-state index in [-0.39, 0.29) is 12.1 Å². The molecule has 2 nitrogen and oxygen atoms in total. The Hall–Kier alpha value is -0.730. The Balaban J connectivity index is 2.72. The molecule has 17 heavy (non-hydrogen) atoms. The van der Waals surface area contributed by atoms with Crippen LogP contribution >= 0.6 is 11.6 Å². The summed E-state index contributed by atoms with van der Waals surface area (Å²) in [7, 11) is 0. The van der Waals surface area contributed by atoms with Gasteiger partial charge in [-0.2, -0.15) is 0 Å². The molecule has 0 saturated carbocycles. The largest absolute Gasteiger partial charge is 0.489 e. The van der Waals surface area contributed by atoms with Crippen molar-refractivity contribution in [2.45, 2.75) is 46.3 Å². The van der Waals surface area contributed by atoms with Crippen LogP contribution in [0.15, 0.2) is 18.2 Å². The van der Waals surface area contributed by atoms with Crippen LogP contribution in [0.4, 0.5) is 0 Å². The molecule has 0 amide bonds. The third-order valence-electron chi connectivity index (χ3n) is 2.61. The third kappa shape index (κ3) is 4.57. The second-order valence-electron chi connectivity index (χ2n) is 5.04. The SMILES string of the molecule is CC(C)CC(C)Oc1ccc(C(C)N)cc1Cl. The van der Waals surface area contributed by atoms with Crippen molar-refractivity contribution in [1.29, 1.82) is 0 Å². The Bertz CT molecular complexity index is 363. The van der Waals surface area contributed by atoms with Crippen molar-refractivity contribution < 1.29 is 4.74 Å². The molecular weight excluding hydrogens is 234 g/mol. The summed E-state index contributed by atoms with van der Waals surface area (Å²) in [5.41, 5.74) is 6.83. The van der Waals surface area contributed by atoms with Crippen LogP contribution in [0.1, 0.15) is 45.7 Å².